The maximum atomic E-state index is 11.9. The van der Waals surface area contributed by atoms with Crippen LogP contribution in [0.1, 0.15) is 23.8 Å². The lowest BCUT2D eigenvalue weighted by Crippen LogP contribution is -2.38. The van der Waals surface area contributed by atoms with Crippen LogP contribution < -0.4 is 10.1 Å². The van der Waals surface area contributed by atoms with E-state index in [0.717, 1.165) is 23.1 Å². The van der Waals surface area contributed by atoms with Gasteiger partial charge in [0.2, 0.25) is 5.88 Å². The molecule has 2 aromatic heterocycles. The molecule has 0 fully saturated rings. The van der Waals surface area contributed by atoms with Crippen molar-refractivity contribution in [2.75, 3.05) is 20.3 Å². The third-order valence-electron chi connectivity index (χ3n) is 3.63. The fraction of sp³-hybridized carbons (Fsp3) is 0.533. The molecule has 6 nitrogen and oxygen atoms in total. The summed E-state index contributed by atoms with van der Waals surface area (Å²) in [7, 11) is 1.61. The van der Waals surface area contributed by atoms with E-state index in [0.29, 0.717) is 12.5 Å². The summed E-state index contributed by atoms with van der Waals surface area (Å²) in [5, 5.41) is 3.80. The van der Waals surface area contributed by atoms with Crippen LogP contribution in [0.3, 0.4) is 0 Å². The molecule has 1 unspecified atom stereocenters. The summed E-state index contributed by atoms with van der Waals surface area (Å²) in [5.74, 6) is 0.335. The van der Waals surface area contributed by atoms with Gasteiger partial charge in [0.05, 0.1) is 12.0 Å². The number of fused-ring (bicyclic) bond motifs is 3. The van der Waals surface area contributed by atoms with Crippen LogP contribution in [0, 0.1) is 0 Å². The number of nitrogens with one attached hydrogen (secondary N) is 1. The minimum absolute atomic E-state index is 0.0445. The molecule has 118 valence electrons. The number of hydrogen-bond donors (Lipinski definition) is 1. The molecule has 1 aliphatic carbocycles. The lowest BCUT2D eigenvalue weighted by atomic mass is 10.2. The molecule has 22 heavy (non-hydrogen) atoms. The first kappa shape index (κ1) is 15.2. The van der Waals surface area contributed by atoms with Gasteiger partial charge in [-0.2, -0.15) is 0 Å². The van der Waals surface area contributed by atoms with Gasteiger partial charge < -0.3 is 14.8 Å². The van der Waals surface area contributed by atoms with Crippen molar-refractivity contribution >= 4 is 27.5 Å². The second-order valence-corrected chi connectivity index (χ2v) is 6.51. The maximum absolute atomic E-state index is 11.9. The standard InChI is InChI=1S/C15H19N3O3S/c1-9(6-20-2)18-12(19)7-21-14-13-10-4-3-5-11(10)22-15(13)17-8-16-14/h8-9H,3-7H2,1-2H3,(H,18,19). The highest BCUT2D eigenvalue weighted by molar-refractivity contribution is 7.18. The first-order valence-electron chi connectivity index (χ1n) is 7.35. The minimum Gasteiger partial charge on any atom is -0.467 e. The normalized spacial score (nSPS) is 14.8. The number of amides is 1. The van der Waals surface area contributed by atoms with Crippen molar-refractivity contribution in [3.8, 4) is 5.88 Å². The summed E-state index contributed by atoms with van der Waals surface area (Å²) in [4.78, 5) is 22.7. The minimum atomic E-state index is -0.178. The van der Waals surface area contributed by atoms with E-state index in [2.05, 4.69) is 15.3 Å². The molecule has 0 aliphatic heterocycles. The number of aromatic nitrogens is 2. The van der Waals surface area contributed by atoms with Crippen LogP contribution in [0.4, 0.5) is 0 Å². The zero-order valence-corrected chi connectivity index (χ0v) is 13.5. The number of hydrogen-bond acceptors (Lipinski definition) is 6. The number of rotatable bonds is 6. The first-order valence-corrected chi connectivity index (χ1v) is 8.17. The van der Waals surface area contributed by atoms with Crippen LogP contribution in [0.25, 0.3) is 10.2 Å². The predicted molar refractivity (Wildman–Crippen MR) is 84.4 cm³/mol. The molecule has 0 saturated heterocycles. The van der Waals surface area contributed by atoms with Crippen molar-refractivity contribution in [3.63, 3.8) is 0 Å². The van der Waals surface area contributed by atoms with E-state index in [1.54, 1.807) is 18.4 Å². The van der Waals surface area contributed by atoms with Crippen LogP contribution in [-0.4, -0.2) is 42.2 Å². The van der Waals surface area contributed by atoms with Gasteiger partial charge in [-0.1, -0.05) is 0 Å². The zero-order valence-electron chi connectivity index (χ0n) is 12.7. The van der Waals surface area contributed by atoms with Crippen LogP contribution in [0.15, 0.2) is 6.33 Å². The highest BCUT2D eigenvalue weighted by atomic mass is 32.1. The van der Waals surface area contributed by atoms with Gasteiger partial charge in [-0.05, 0) is 31.7 Å². The Kier molecular flexibility index (Phi) is 4.54. The average Bonchev–Trinajstić information content (AvgIpc) is 3.05. The third kappa shape index (κ3) is 3.05. The van der Waals surface area contributed by atoms with Crippen LogP contribution in [0.5, 0.6) is 5.88 Å². The van der Waals surface area contributed by atoms with E-state index < -0.39 is 0 Å². The molecule has 3 rings (SSSR count). The molecule has 2 aromatic rings. The Bertz CT molecular complexity index is 686. The molecule has 0 aromatic carbocycles. The zero-order chi connectivity index (χ0) is 15.5. The monoisotopic (exact) mass is 321 g/mol. The Morgan fingerprint density at radius 3 is 3.14 bits per heavy atom. The number of ether oxygens (including phenoxy) is 2. The summed E-state index contributed by atoms with van der Waals surface area (Å²) >= 11 is 1.70. The number of carbonyl (C=O) groups is 1. The van der Waals surface area contributed by atoms with Crippen LogP contribution >= 0.6 is 11.3 Å². The van der Waals surface area contributed by atoms with Crippen molar-refractivity contribution in [2.24, 2.45) is 0 Å². The SMILES string of the molecule is COCC(C)NC(=O)COc1ncnc2sc3c(c12)CCC3. The predicted octanol–water partition coefficient (Wildman–Crippen LogP) is 1.71. The Labute approximate surface area is 132 Å². The molecule has 1 aliphatic rings. The summed E-state index contributed by atoms with van der Waals surface area (Å²) in [6.45, 7) is 2.31. The third-order valence-corrected chi connectivity index (χ3v) is 4.83. The van der Waals surface area contributed by atoms with E-state index in [4.69, 9.17) is 9.47 Å². The van der Waals surface area contributed by atoms with Crippen molar-refractivity contribution in [2.45, 2.75) is 32.2 Å². The molecule has 1 N–H and O–H groups in total. The fourth-order valence-corrected chi connectivity index (χ4v) is 3.97. The highest BCUT2D eigenvalue weighted by Gasteiger charge is 2.22. The maximum Gasteiger partial charge on any atom is 0.258 e. The highest BCUT2D eigenvalue weighted by Crippen LogP contribution is 2.39. The van der Waals surface area contributed by atoms with E-state index in [9.17, 15) is 4.79 Å². The number of methoxy groups -OCH3 is 1. The molecule has 0 saturated carbocycles. The summed E-state index contributed by atoms with van der Waals surface area (Å²) in [6, 6.07) is -0.0445. The first-order chi connectivity index (χ1) is 10.7. The van der Waals surface area contributed by atoms with Crippen molar-refractivity contribution < 1.29 is 14.3 Å². The average molecular weight is 321 g/mol. The molecule has 1 amide bonds. The lowest BCUT2D eigenvalue weighted by Gasteiger charge is -2.13. The van der Waals surface area contributed by atoms with Crippen molar-refractivity contribution in [1.29, 1.82) is 0 Å². The van der Waals surface area contributed by atoms with Gasteiger partial charge in [0.15, 0.2) is 6.61 Å². The Balaban J connectivity index is 1.70. The van der Waals surface area contributed by atoms with Gasteiger partial charge in [-0.15, -0.1) is 11.3 Å². The number of carbonyl (C=O) groups excluding carboxylic acids is 1. The summed E-state index contributed by atoms with van der Waals surface area (Å²) < 4.78 is 10.6. The van der Waals surface area contributed by atoms with E-state index in [1.165, 1.54) is 23.2 Å². The van der Waals surface area contributed by atoms with E-state index in [-0.39, 0.29) is 18.6 Å². The second-order valence-electron chi connectivity index (χ2n) is 5.43. The van der Waals surface area contributed by atoms with Crippen LogP contribution in [0.2, 0.25) is 0 Å². The number of aryl methyl sites for hydroxylation is 2. The molecule has 2 heterocycles. The Morgan fingerprint density at radius 1 is 1.45 bits per heavy atom. The quantitative estimate of drug-likeness (QED) is 0.877. The van der Waals surface area contributed by atoms with Gasteiger partial charge in [0.1, 0.15) is 11.2 Å². The largest absolute Gasteiger partial charge is 0.467 e. The van der Waals surface area contributed by atoms with Crippen molar-refractivity contribution in [3.05, 3.63) is 16.8 Å². The van der Waals surface area contributed by atoms with E-state index in [1.807, 2.05) is 6.92 Å². The number of thiophene rings is 1. The van der Waals surface area contributed by atoms with Crippen molar-refractivity contribution in [1.82, 2.24) is 15.3 Å². The summed E-state index contributed by atoms with van der Waals surface area (Å²) in [5.41, 5.74) is 1.30. The summed E-state index contributed by atoms with van der Waals surface area (Å²) in [6.07, 6.45) is 4.80. The molecule has 1 atom stereocenters. The van der Waals surface area contributed by atoms with Gasteiger partial charge in [-0.3, -0.25) is 4.79 Å². The van der Waals surface area contributed by atoms with Crippen LogP contribution in [-0.2, 0) is 22.4 Å². The van der Waals surface area contributed by atoms with Gasteiger partial charge in [-0.25, -0.2) is 9.97 Å². The smallest absolute Gasteiger partial charge is 0.258 e. The molecule has 0 radical (unpaired) electrons. The van der Waals surface area contributed by atoms with Gasteiger partial charge in [0.25, 0.3) is 5.91 Å². The second kappa shape index (κ2) is 6.58. The molecule has 0 bridgehead atoms. The molecular weight excluding hydrogens is 302 g/mol. The Hall–Kier alpha value is -1.73. The molecular formula is C15H19N3O3S. The van der Waals surface area contributed by atoms with Gasteiger partial charge >= 0.3 is 0 Å². The molecule has 0 spiro atoms. The molecule has 7 heteroatoms. The Morgan fingerprint density at radius 2 is 2.32 bits per heavy atom. The van der Waals surface area contributed by atoms with E-state index >= 15 is 0 Å². The fourth-order valence-electron chi connectivity index (χ4n) is 2.75. The topological polar surface area (TPSA) is 73.3 Å². The lowest BCUT2D eigenvalue weighted by molar-refractivity contribution is -0.124. The number of nitrogens with zero attached hydrogens (tertiary/aromatic N) is 2. The van der Waals surface area contributed by atoms with Gasteiger partial charge in [0, 0.05) is 18.0 Å².